The van der Waals surface area contributed by atoms with Crippen LogP contribution in [-0.4, -0.2) is 128 Å². The Morgan fingerprint density at radius 2 is 1.75 bits per heavy atom. The van der Waals surface area contributed by atoms with Crippen LogP contribution in [0, 0.1) is 5.41 Å². The molecule has 8 N–H and O–H groups in total. The van der Waals surface area contributed by atoms with E-state index < -0.39 is 92.2 Å². The molecule has 2 saturated heterocycles. The van der Waals surface area contributed by atoms with Crippen molar-refractivity contribution in [3.63, 3.8) is 0 Å². The Morgan fingerprint density at radius 1 is 1.08 bits per heavy atom. The monoisotopic (exact) mass is 520 g/mol. The summed E-state index contributed by atoms with van der Waals surface area (Å²) in [4.78, 5) is 0. The van der Waals surface area contributed by atoms with E-state index >= 15 is 0 Å². The zero-order valence-electron chi connectivity index (χ0n) is 21.0. The predicted molar refractivity (Wildman–Crippen MR) is 123 cm³/mol. The molecule has 2 aliphatic heterocycles. The third-order valence-electron chi connectivity index (χ3n) is 7.26. The van der Waals surface area contributed by atoms with Gasteiger partial charge in [-0.1, -0.05) is 26.0 Å². The first-order chi connectivity index (χ1) is 16.8. The molecule has 3 aliphatic rings. The van der Waals surface area contributed by atoms with Gasteiger partial charge in [0, 0.05) is 0 Å². The van der Waals surface area contributed by atoms with E-state index in [9.17, 15) is 40.9 Å². The maximum Gasteiger partial charge on any atom is 0.187 e. The van der Waals surface area contributed by atoms with Crippen LogP contribution < -0.4 is 0 Å². The lowest BCUT2D eigenvalue weighted by Crippen LogP contribution is -2.61. The van der Waals surface area contributed by atoms with Gasteiger partial charge >= 0.3 is 0 Å². The Hall–Kier alpha value is -1.00. The Balaban J connectivity index is 1.77. The lowest BCUT2D eigenvalue weighted by Gasteiger charge is -2.43. The topological polar surface area (TPSA) is 199 Å². The van der Waals surface area contributed by atoms with Crippen molar-refractivity contribution in [3.8, 4) is 0 Å². The van der Waals surface area contributed by atoms with Gasteiger partial charge in [0.15, 0.2) is 12.6 Å². The predicted octanol–water partition coefficient (Wildman–Crippen LogP) is -2.32. The molecule has 0 aromatic rings. The molecule has 36 heavy (non-hydrogen) atoms. The minimum atomic E-state index is -1.96. The zero-order chi connectivity index (χ0) is 27.0. The van der Waals surface area contributed by atoms with Gasteiger partial charge in [-0.2, -0.15) is 0 Å². The number of hydrogen-bond donors (Lipinski definition) is 8. The number of aliphatic hydroxyl groups is 8. The van der Waals surface area contributed by atoms with Gasteiger partial charge in [-0.05, 0) is 36.8 Å². The standard InChI is InChI=1S/C24H40O12/c1-11(5-6-13-12(2)16(28)14(27)7-23(13,3)4)34-21-19(18(30)17(29)15(8-25)35-21)36-22-20(31)24(32,9-26)10-33-22/h5-6,11,14-22,25-32H,7-10H2,1-4H3/b6-5+/t11-,14+,15+,16-,17+,18-,19+,20+,21+,22+,24+/m1/s1. The van der Waals surface area contributed by atoms with E-state index in [-0.39, 0.29) is 0 Å². The van der Waals surface area contributed by atoms with E-state index in [1.807, 2.05) is 13.8 Å². The summed E-state index contributed by atoms with van der Waals surface area (Å²) in [5, 5.41) is 80.9. The number of ether oxygens (including phenoxy) is 4. The summed E-state index contributed by atoms with van der Waals surface area (Å²) in [7, 11) is 0. The number of rotatable bonds is 8. The van der Waals surface area contributed by atoms with E-state index in [1.165, 1.54) is 0 Å². The summed E-state index contributed by atoms with van der Waals surface area (Å²) >= 11 is 0. The summed E-state index contributed by atoms with van der Waals surface area (Å²) in [6.07, 6.45) is -8.76. The van der Waals surface area contributed by atoms with Crippen LogP contribution in [0.5, 0.6) is 0 Å². The normalized spacial score (nSPS) is 44.4. The molecule has 0 spiro atoms. The maximum absolute atomic E-state index is 10.7. The highest BCUT2D eigenvalue weighted by atomic mass is 16.8. The molecule has 12 heteroatoms. The second-order valence-electron chi connectivity index (χ2n) is 10.6. The van der Waals surface area contributed by atoms with Crippen molar-refractivity contribution in [2.24, 2.45) is 5.41 Å². The quantitative estimate of drug-likeness (QED) is 0.170. The Bertz CT molecular complexity index is 815. The first-order valence-corrected chi connectivity index (χ1v) is 12.1. The highest BCUT2D eigenvalue weighted by Gasteiger charge is 2.53. The van der Waals surface area contributed by atoms with Crippen molar-refractivity contribution < 1.29 is 59.8 Å². The minimum absolute atomic E-state index is 0.369. The highest BCUT2D eigenvalue weighted by Crippen LogP contribution is 2.41. The van der Waals surface area contributed by atoms with Crippen molar-refractivity contribution in [2.75, 3.05) is 19.8 Å². The average Bonchev–Trinajstić information content (AvgIpc) is 3.10. The van der Waals surface area contributed by atoms with E-state index in [4.69, 9.17) is 18.9 Å². The third-order valence-corrected chi connectivity index (χ3v) is 7.26. The van der Waals surface area contributed by atoms with Gasteiger partial charge in [0.05, 0.1) is 32.0 Å². The number of allylic oxidation sites excluding steroid dienone is 2. The van der Waals surface area contributed by atoms with Crippen molar-refractivity contribution in [3.05, 3.63) is 23.3 Å². The second kappa shape index (κ2) is 11.4. The summed E-state index contributed by atoms with van der Waals surface area (Å²) in [6.45, 7) is 5.53. The summed E-state index contributed by atoms with van der Waals surface area (Å²) in [5.74, 6) is 0. The lowest BCUT2D eigenvalue weighted by molar-refractivity contribution is -0.339. The molecule has 0 amide bonds. The maximum atomic E-state index is 10.7. The van der Waals surface area contributed by atoms with E-state index in [0.717, 1.165) is 5.57 Å². The lowest BCUT2D eigenvalue weighted by atomic mass is 9.70. The number of hydrogen-bond acceptors (Lipinski definition) is 12. The smallest absolute Gasteiger partial charge is 0.187 e. The molecule has 12 nitrogen and oxygen atoms in total. The SMILES string of the molecule is CC1=C(/C=C/[C@@H](C)O[C@H]2O[C@@H](CO)[C@H](O)[C@@H](O)[C@@H]2O[C@@H]2OC[C@@](O)(CO)[C@H]2O)C(C)(C)C[C@H](O)[C@@H]1O. The van der Waals surface area contributed by atoms with Crippen LogP contribution in [-0.2, 0) is 18.9 Å². The van der Waals surface area contributed by atoms with Gasteiger partial charge in [-0.25, -0.2) is 0 Å². The summed E-state index contributed by atoms with van der Waals surface area (Å²) in [6, 6.07) is 0. The van der Waals surface area contributed by atoms with Gasteiger partial charge in [0.2, 0.25) is 0 Å². The summed E-state index contributed by atoms with van der Waals surface area (Å²) < 4.78 is 22.4. The Morgan fingerprint density at radius 3 is 2.33 bits per heavy atom. The van der Waals surface area contributed by atoms with Gasteiger partial charge in [-0.3, -0.25) is 0 Å². The molecule has 0 aromatic heterocycles. The van der Waals surface area contributed by atoms with Gasteiger partial charge in [-0.15, -0.1) is 0 Å². The first-order valence-electron chi connectivity index (χ1n) is 12.1. The van der Waals surface area contributed by atoms with Crippen molar-refractivity contribution in [2.45, 2.75) is 101 Å². The fourth-order valence-electron chi connectivity index (χ4n) is 4.95. The molecule has 1 aliphatic carbocycles. The third kappa shape index (κ3) is 5.85. The molecule has 3 rings (SSSR count). The van der Waals surface area contributed by atoms with Crippen molar-refractivity contribution in [1.82, 2.24) is 0 Å². The van der Waals surface area contributed by atoms with Crippen LogP contribution in [0.4, 0.5) is 0 Å². The molecule has 0 radical (unpaired) electrons. The van der Waals surface area contributed by atoms with E-state index in [1.54, 1.807) is 26.0 Å². The van der Waals surface area contributed by atoms with Crippen LogP contribution in [0.15, 0.2) is 23.3 Å². The first kappa shape index (κ1) is 29.6. The minimum Gasteiger partial charge on any atom is -0.394 e. The molecule has 2 heterocycles. The average molecular weight is 521 g/mol. The van der Waals surface area contributed by atoms with Gasteiger partial charge in [0.25, 0.3) is 0 Å². The fraction of sp³-hybridized carbons (Fsp3) is 0.833. The molecule has 0 bridgehead atoms. The molecular formula is C24H40O12. The second-order valence-corrected chi connectivity index (χ2v) is 10.6. The molecule has 208 valence electrons. The Labute approximate surface area is 210 Å². The van der Waals surface area contributed by atoms with E-state index in [0.29, 0.717) is 12.0 Å². The molecule has 0 unspecified atom stereocenters. The van der Waals surface area contributed by atoms with Crippen LogP contribution in [0.3, 0.4) is 0 Å². The zero-order valence-corrected chi connectivity index (χ0v) is 21.0. The van der Waals surface area contributed by atoms with Crippen LogP contribution in [0.2, 0.25) is 0 Å². The summed E-state index contributed by atoms with van der Waals surface area (Å²) in [5.41, 5.74) is -0.893. The van der Waals surface area contributed by atoms with E-state index in [2.05, 4.69) is 0 Å². The fourth-order valence-corrected chi connectivity index (χ4v) is 4.95. The molecular weight excluding hydrogens is 480 g/mol. The van der Waals surface area contributed by atoms with Crippen molar-refractivity contribution in [1.29, 1.82) is 0 Å². The molecule has 11 atom stereocenters. The largest absolute Gasteiger partial charge is 0.394 e. The van der Waals surface area contributed by atoms with Gasteiger partial charge < -0.3 is 59.8 Å². The van der Waals surface area contributed by atoms with Crippen LogP contribution >= 0.6 is 0 Å². The number of aliphatic hydroxyl groups excluding tert-OH is 7. The van der Waals surface area contributed by atoms with Crippen molar-refractivity contribution >= 4 is 0 Å². The molecule has 2 fully saturated rings. The molecule has 0 aromatic carbocycles. The highest BCUT2D eigenvalue weighted by molar-refractivity contribution is 5.36. The molecule has 0 saturated carbocycles. The van der Waals surface area contributed by atoms with Gasteiger partial charge in [0.1, 0.15) is 42.2 Å². The van der Waals surface area contributed by atoms with Crippen LogP contribution in [0.1, 0.15) is 34.1 Å². The van der Waals surface area contributed by atoms with Crippen LogP contribution in [0.25, 0.3) is 0 Å². The Kier molecular flexibility index (Phi) is 9.36.